The second-order valence-electron chi connectivity index (χ2n) is 6.80. The number of aryl methyl sites for hydroxylation is 1. The molecule has 0 spiro atoms. The summed E-state index contributed by atoms with van der Waals surface area (Å²) >= 11 is 0. The maximum absolute atomic E-state index is 11.0. The predicted octanol–water partition coefficient (Wildman–Crippen LogP) is 3.69. The Bertz CT molecular complexity index is 801. The number of hydrogen-bond acceptors (Lipinski definition) is 3. The first kappa shape index (κ1) is 20.0. The van der Waals surface area contributed by atoms with E-state index in [-0.39, 0.29) is 24.9 Å². The summed E-state index contributed by atoms with van der Waals surface area (Å²) in [6, 6.07) is 18.6. The number of nitrogens with zero attached hydrogens (tertiary/aromatic N) is 2. The zero-order valence-corrected chi connectivity index (χ0v) is 15.6. The highest BCUT2D eigenvalue weighted by atomic mass is 35.5. The van der Waals surface area contributed by atoms with Gasteiger partial charge in [-0.2, -0.15) is 5.26 Å². The van der Waals surface area contributed by atoms with Gasteiger partial charge in [0.15, 0.2) is 0 Å². The standard InChI is InChI=1S/C21H22N2O2.ClH/c1-23(14-20(24)25)13-18-9-8-17-11-15(12-22)7-10-19(17)21(18)16-5-3-2-4-6-16;/h2-7,10-11,18,21H,8-9,13-14H2,1H3,(H,24,25);1H/t18-,21+;/m1./s1. The van der Waals surface area contributed by atoms with Crippen LogP contribution in [0.25, 0.3) is 0 Å². The number of halogens is 1. The summed E-state index contributed by atoms with van der Waals surface area (Å²) in [5.41, 5.74) is 4.46. The van der Waals surface area contributed by atoms with Crippen molar-refractivity contribution in [1.82, 2.24) is 4.90 Å². The first-order valence-corrected chi connectivity index (χ1v) is 8.56. The topological polar surface area (TPSA) is 64.3 Å². The molecule has 1 aliphatic carbocycles. The molecule has 2 atom stereocenters. The lowest BCUT2D eigenvalue weighted by atomic mass is 9.71. The lowest BCUT2D eigenvalue weighted by Gasteiger charge is -2.36. The number of rotatable bonds is 5. The van der Waals surface area contributed by atoms with E-state index in [0.29, 0.717) is 11.5 Å². The molecule has 0 aliphatic heterocycles. The number of carboxylic acids is 1. The molecule has 0 saturated heterocycles. The average molecular weight is 371 g/mol. The van der Waals surface area contributed by atoms with Gasteiger partial charge in [0.25, 0.3) is 0 Å². The third-order valence-electron chi connectivity index (χ3n) is 4.97. The van der Waals surface area contributed by atoms with Crippen LogP contribution in [0.3, 0.4) is 0 Å². The number of fused-ring (bicyclic) bond motifs is 1. The number of carbonyl (C=O) groups is 1. The molecule has 1 N–H and O–H groups in total. The zero-order chi connectivity index (χ0) is 17.8. The van der Waals surface area contributed by atoms with Gasteiger partial charge in [-0.3, -0.25) is 9.69 Å². The van der Waals surface area contributed by atoms with Gasteiger partial charge < -0.3 is 5.11 Å². The van der Waals surface area contributed by atoms with Gasteiger partial charge in [0, 0.05) is 12.5 Å². The van der Waals surface area contributed by atoms with Crippen molar-refractivity contribution < 1.29 is 9.90 Å². The lowest BCUT2D eigenvalue weighted by Crippen LogP contribution is -2.35. The lowest BCUT2D eigenvalue weighted by molar-refractivity contribution is -0.138. The smallest absolute Gasteiger partial charge is 0.317 e. The van der Waals surface area contributed by atoms with Crippen molar-refractivity contribution in [3.63, 3.8) is 0 Å². The summed E-state index contributed by atoms with van der Waals surface area (Å²) in [5.74, 6) is -0.213. The zero-order valence-electron chi connectivity index (χ0n) is 14.8. The van der Waals surface area contributed by atoms with Crippen LogP contribution in [-0.2, 0) is 11.2 Å². The summed E-state index contributed by atoms with van der Waals surface area (Å²) in [4.78, 5) is 12.9. The Morgan fingerprint density at radius 3 is 2.65 bits per heavy atom. The van der Waals surface area contributed by atoms with Gasteiger partial charge >= 0.3 is 5.97 Å². The first-order valence-electron chi connectivity index (χ1n) is 8.56. The highest BCUT2D eigenvalue weighted by molar-refractivity contribution is 5.85. The van der Waals surface area contributed by atoms with E-state index >= 15 is 0 Å². The molecule has 0 amide bonds. The molecular formula is C21H23ClN2O2. The Labute approximate surface area is 160 Å². The number of aliphatic carboxylic acids is 1. The molecule has 0 radical (unpaired) electrons. The molecule has 0 fully saturated rings. The first-order chi connectivity index (χ1) is 12.1. The van der Waals surface area contributed by atoms with Crippen LogP contribution in [0.4, 0.5) is 0 Å². The summed E-state index contributed by atoms with van der Waals surface area (Å²) < 4.78 is 0. The Balaban J connectivity index is 0.00000243. The number of nitriles is 1. The molecule has 2 aromatic rings. The number of benzene rings is 2. The van der Waals surface area contributed by atoms with Crippen molar-refractivity contribution in [2.75, 3.05) is 20.1 Å². The van der Waals surface area contributed by atoms with Crippen LogP contribution >= 0.6 is 12.4 Å². The van der Waals surface area contributed by atoms with E-state index in [1.54, 1.807) is 0 Å². The Morgan fingerprint density at radius 1 is 1.27 bits per heavy atom. The minimum Gasteiger partial charge on any atom is -0.480 e. The highest BCUT2D eigenvalue weighted by Gasteiger charge is 2.31. The van der Waals surface area contributed by atoms with Crippen molar-refractivity contribution in [1.29, 1.82) is 5.26 Å². The number of carboxylic acid groups (broad SMARTS) is 1. The van der Waals surface area contributed by atoms with Crippen molar-refractivity contribution >= 4 is 18.4 Å². The second kappa shape index (κ2) is 8.84. The van der Waals surface area contributed by atoms with Crippen molar-refractivity contribution in [2.24, 2.45) is 5.92 Å². The van der Waals surface area contributed by atoms with Gasteiger partial charge in [0.1, 0.15) is 0 Å². The molecule has 26 heavy (non-hydrogen) atoms. The molecule has 0 unspecified atom stereocenters. The third kappa shape index (κ3) is 4.43. The van der Waals surface area contributed by atoms with Crippen LogP contribution in [0.2, 0.25) is 0 Å². The Kier molecular flexibility index (Phi) is 6.79. The Morgan fingerprint density at radius 2 is 2.00 bits per heavy atom. The maximum atomic E-state index is 11.0. The molecule has 0 bridgehead atoms. The van der Waals surface area contributed by atoms with Crippen molar-refractivity contribution in [3.05, 3.63) is 70.8 Å². The van der Waals surface area contributed by atoms with Crippen LogP contribution in [0.15, 0.2) is 48.5 Å². The van der Waals surface area contributed by atoms with Gasteiger partial charge in [0.05, 0.1) is 18.2 Å². The fourth-order valence-electron chi connectivity index (χ4n) is 3.96. The van der Waals surface area contributed by atoms with Gasteiger partial charge in [-0.25, -0.2) is 0 Å². The normalized spacial score (nSPS) is 18.5. The van der Waals surface area contributed by atoms with E-state index in [1.165, 1.54) is 16.7 Å². The largest absolute Gasteiger partial charge is 0.480 e. The predicted molar refractivity (Wildman–Crippen MR) is 104 cm³/mol. The van der Waals surface area contributed by atoms with Crippen LogP contribution in [0.1, 0.15) is 34.6 Å². The van der Waals surface area contributed by atoms with Gasteiger partial charge in [-0.1, -0.05) is 36.4 Å². The van der Waals surface area contributed by atoms with E-state index in [2.05, 4.69) is 24.3 Å². The van der Waals surface area contributed by atoms with Gasteiger partial charge in [-0.15, -0.1) is 12.4 Å². The minimum absolute atomic E-state index is 0. The maximum Gasteiger partial charge on any atom is 0.317 e. The molecule has 0 saturated carbocycles. The molecule has 5 heteroatoms. The average Bonchev–Trinajstić information content (AvgIpc) is 2.61. The van der Waals surface area contributed by atoms with E-state index in [1.807, 2.05) is 42.3 Å². The monoisotopic (exact) mass is 370 g/mol. The van der Waals surface area contributed by atoms with Crippen molar-refractivity contribution in [3.8, 4) is 6.07 Å². The molecule has 0 heterocycles. The minimum atomic E-state index is -0.798. The summed E-state index contributed by atoms with van der Waals surface area (Å²) in [6.45, 7) is 0.795. The van der Waals surface area contributed by atoms with E-state index in [4.69, 9.17) is 10.4 Å². The number of hydrogen-bond donors (Lipinski definition) is 1. The van der Waals surface area contributed by atoms with Gasteiger partial charge in [-0.05, 0) is 54.6 Å². The van der Waals surface area contributed by atoms with Crippen LogP contribution in [0.5, 0.6) is 0 Å². The SMILES string of the molecule is CN(CC(=O)O)C[C@H]1CCc2cc(C#N)ccc2[C@H]1c1ccccc1.Cl. The second-order valence-corrected chi connectivity index (χ2v) is 6.80. The van der Waals surface area contributed by atoms with Crippen molar-refractivity contribution in [2.45, 2.75) is 18.8 Å². The highest BCUT2D eigenvalue weighted by Crippen LogP contribution is 2.41. The Hall–Kier alpha value is -2.35. The molecule has 2 aromatic carbocycles. The summed E-state index contributed by atoms with van der Waals surface area (Å²) in [6.07, 6.45) is 1.92. The molecule has 0 aromatic heterocycles. The van der Waals surface area contributed by atoms with E-state index in [9.17, 15) is 4.79 Å². The van der Waals surface area contributed by atoms with E-state index < -0.39 is 5.97 Å². The quantitative estimate of drug-likeness (QED) is 0.871. The summed E-state index contributed by atoms with van der Waals surface area (Å²) in [5, 5.41) is 18.2. The molecule has 3 rings (SSSR count). The van der Waals surface area contributed by atoms with Crippen LogP contribution in [-0.4, -0.2) is 36.1 Å². The molecule has 1 aliphatic rings. The fourth-order valence-corrected chi connectivity index (χ4v) is 3.96. The molecule has 136 valence electrons. The number of likely N-dealkylation sites (N-methyl/N-ethyl adjacent to an activating group) is 1. The van der Waals surface area contributed by atoms with Crippen LogP contribution < -0.4 is 0 Å². The molecular weight excluding hydrogens is 348 g/mol. The summed E-state index contributed by atoms with van der Waals surface area (Å²) in [7, 11) is 1.87. The van der Waals surface area contributed by atoms with Gasteiger partial charge in [0.2, 0.25) is 0 Å². The third-order valence-corrected chi connectivity index (χ3v) is 4.97. The fraction of sp³-hybridized carbons (Fsp3) is 0.333. The van der Waals surface area contributed by atoms with Crippen LogP contribution in [0, 0.1) is 17.2 Å². The molecule has 4 nitrogen and oxygen atoms in total. The van der Waals surface area contributed by atoms with E-state index in [0.717, 1.165) is 19.4 Å².